The average molecular weight is 357 g/mol. The van der Waals surface area contributed by atoms with Crippen LogP contribution >= 0.6 is 15.9 Å². The van der Waals surface area contributed by atoms with Crippen LogP contribution in [0.15, 0.2) is 28.7 Å². The van der Waals surface area contributed by atoms with Crippen molar-refractivity contribution in [1.82, 2.24) is 4.90 Å². The lowest BCUT2D eigenvalue weighted by Crippen LogP contribution is -2.44. The fourth-order valence-electron chi connectivity index (χ4n) is 2.66. The summed E-state index contributed by atoms with van der Waals surface area (Å²) in [5, 5.41) is 0. The van der Waals surface area contributed by atoms with Crippen molar-refractivity contribution < 1.29 is 4.74 Å². The second-order valence-electron chi connectivity index (χ2n) is 5.92. The minimum absolute atomic E-state index is 0.110. The molecule has 0 saturated carbocycles. The van der Waals surface area contributed by atoms with Gasteiger partial charge in [-0.05, 0) is 24.0 Å². The first-order valence-electron chi connectivity index (χ1n) is 7.74. The molecule has 21 heavy (non-hydrogen) atoms. The summed E-state index contributed by atoms with van der Waals surface area (Å²) in [5.41, 5.74) is 7.73. The van der Waals surface area contributed by atoms with E-state index in [1.54, 1.807) is 7.11 Å². The fourth-order valence-corrected chi connectivity index (χ4v) is 3.18. The number of nitrogens with two attached hydrogens (primary N) is 1. The number of benzene rings is 1. The number of halogens is 1. The second kappa shape index (κ2) is 9.57. The molecule has 3 nitrogen and oxygen atoms in total. The molecule has 0 heterocycles. The molecule has 0 amide bonds. The number of rotatable bonds is 9. The van der Waals surface area contributed by atoms with Gasteiger partial charge in [-0.3, -0.25) is 4.90 Å². The first-order chi connectivity index (χ1) is 10.0. The zero-order chi connectivity index (χ0) is 15.8. The van der Waals surface area contributed by atoms with Crippen LogP contribution in [0.4, 0.5) is 0 Å². The normalized spacial score (nSPS) is 14.7. The maximum absolute atomic E-state index is 6.46. The van der Waals surface area contributed by atoms with Crippen LogP contribution in [0.5, 0.6) is 0 Å². The monoisotopic (exact) mass is 356 g/mol. The third-order valence-electron chi connectivity index (χ3n) is 3.68. The highest BCUT2D eigenvalue weighted by atomic mass is 79.9. The Morgan fingerprint density at radius 1 is 1.29 bits per heavy atom. The first-order valence-corrected chi connectivity index (χ1v) is 8.53. The van der Waals surface area contributed by atoms with E-state index in [2.05, 4.69) is 59.8 Å². The highest BCUT2D eigenvalue weighted by Crippen LogP contribution is 2.31. The number of nitrogens with zero attached hydrogens (tertiary/aromatic N) is 1. The van der Waals surface area contributed by atoms with Crippen LogP contribution in [-0.4, -0.2) is 37.7 Å². The van der Waals surface area contributed by atoms with Crippen LogP contribution < -0.4 is 5.73 Å². The molecule has 0 aromatic heterocycles. The minimum Gasteiger partial charge on any atom is -0.383 e. The minimum atomic E-state index is 0.110. The summed E-state index contributed by atoms with van der Waals surface area (Å²) in [6, 6.07) is 8.71. The molecule has 1 rings (SSSR count). The summed E-state index contributed by atoms with van der Waals surface area (Å²) < 4.78 is 6.42. The van der Waals surface area contributed by atoms with Crippen molar-refractivity contribution in [3.8, 4) is 0 Å². The van der Waals surface area contributed by atoms with Crippen molar-refractivity contribution in [2.45, 2.75) is 39.3 Å². The summed E-state index contributed by atoms with van der Waals surface area (Å²) in [4.78, 5) is 2.46. The largest absolute Gasteiger partial charge is 0.383 e. The topological polar surface area (TPSA) is 38.5 Å². The van der Waals surface area contributed by atoms with E-state index in [0.29, 0.717) is 5.92 Å². The molecule has 0 aliphatic rings. The zero-order valence-corrected chi connectivity index (χ0v) is 15.3. The summed E-state index contributed by atoms with van der Waals surface area (Å²) in [6.07, 6.45) is 0.952. The second-order valence-corrected chi connectivity index (χ2v) is 6.77. The van der Waals surface area contributed by atoms with Gasteiger partial charge >= 0.3 is 0 Å². The van der Waals surface area contributed by atoms with Crippen LogP contribution in [0, 0.1) is 5.92 Å². The molecule has 2 N–H and O–H groups in total. The number of methoxy groups -OCH3 is 1. The van der Waals surface area contributed by atoms with E-state index in [9.17, 15) is 0 Å². The van der Waals surface area contributed by atoms with Crippen molar-refractivity contribution in [3.05, 3.63) is 34.3 Å². The molecule has 1 aromatic rings. The van der Waals surface area contributed by atoms with Crippen molar-refractivity contribution in [2.24, 2.45) is 11.7 Å². The lowest BCUT2D eigenvalue weighted by molar-refractivity contribution is 0.0972. The van der Waals surface area contributed by atoms with Gasteiger partial charge in [-0.15, -0.1) is 0 Å². The molecular weight excluding hydrogens is 328 g/mol. The van der Waals surface area contributed by atoms with E-state index in [-0.39, 0.29) is 12.1 Å². The van der Waals surface area contributed by atoms with Gasteiger partial charge in [0.1, 0.15) is 0 Å². The fraction of sp³-hybridized carbons (Fsp3) is 0.647. The average Bonchev–Trinajstić information content (AvgIpc) is 2.45. The van der Waals surface area contributed by atoms with Gasteiger partial charge in [-0.2, -0.15) is 0 Å². The lowest BCUT2D eigenvalue weighted by Gasteiger charge is -2.37. The van der Waals surface area contributed by atoms with E-state index < -0.39 is 0 Å². The van der Waals surface area contributed by atoms with Crippen molar-refractivity contribution in [2.75, 3.05) is 26.8 Å². The molecule has 1 aromatic carbocycles. The van der Waals surface area contributed by atoms with Crippen molar-refractivity contribution >= 4 is 15.9 Å². The van der Waals surface area contributed by atoms with E-state index in [4.69, 9.17) is 10.5 Å². The van der Waals surface area contributed by atoms with Gasteiger partial charge < -0.3 is 10.5 Å². The third kappa shape index (κ3) is 5.70. The van der Waals surface area contributed by atoms with Crippen molar-refractivity contribution in [1.29, 1.82) is 0 Å². The van der Waals surface area contributed by atoms with Gasteiger partial charge in [0.25, 0.3) is 0 Å². The van der Waals surface area contributed by atoms with E-state index >= 15 is 0 Å². The Kier molecular flexibility index (Phi) is 8.49. The van der Waals surface area contributed by atoms with E-state index in [1.807, 2.05) is 6.07 Å². The summed E-state index contributed by atoms with van der Waals surface area (Å²) in [6.45, 7) is 9.28. The molecule has 2 unspecified atom stereocenters. The molecular formula is C17H29BrN2O. The number of ether oxygens (including phenoxy) is 1. The SMILES string of the molecule is CCC(N)C(c1ccccc1Br)N(CCOC)CC(C)C. The Morgan fingerprint density at radius 2 is 1.95 bits per heavy atom. The van der Waals surface area contributed by atoms with Crippen molar-refractivity contribution in [3.63, 3.8) is 0 Å². The molecule has 0 bridgehead atoms. The Morgan fingerprint density at radius 3 is 2.48 bits per heavy atom. The maximum Gasteiger partial charge on any atom is 0.0589 e. The molecule has 120 valence electrons. The lowest BCUT2D eigenvalue weighted by atomic mass is 9.95. The van der Waals surface area contributed by atoms with Crippen LogP contribution in [0.2, 0.25) is 0 Å². The Balaban J connectivity index is 3.10. The van der Waals surface area contributed by atoms with Gasteiger partial charge in [0, 0.05) is 30.7 Å². The first kappa shape index (κ1) is 18.6. The standard InChI is InChI=1S/C17H29BrN2O/c1-5-16(19)17(14-8-6-7-9-15(14)18)20(10-11-21-4)12-13(2)3/h6-9,13,16-17H,5,10-12,19H2,1-4H3. The van der Waals surface area contributed by atoms with Gasteiger partial charge in [-0.1, -0.05) is 54.9 Å². The molecule has 2 atom stereocenters. The summed E-state index contributed by atoms with van der Waals surface area (Å²) in [5.74, 6) is 0.593. The van der Waals surface area contributed by atoms with Gasteiger partial charge in [0.05, 0.1) is 12.6 Å². The van der Waals surface area contributed by atoms with Gasteiger partial charge in [0.15, 0.2) is 0 Å². The molecule has 0 fully saturated rings. The maximum atomic E-state index is 6.46. The Bertz CT molecular complexity index is 412. The molecule has 0 spiro atoms. The Labute approximate surface area is 138 Å². The quantitative estimate of drug-likeness (QED) is 0.730. The predicted octanol–water partition coefficient (Wildman–Crippen LogP) is 3.83. The molecule has 0 aliphatic carbocycles. The third-order valence-corrected chi connectivity index (χ3v) is 4.40. The smallest absolute Gasteiger partial charge is 0.0589 e. The molecule has 4 heteroatoms. The highest BCUT2D eigenvalue weighted by molar-refractivity contribution is 9.10. The van der Waals surface area contributed by atoms with Gasteiger partial charge in [0.2, 0.25) is 0 Å². The van der Waals surface area contributed by atoms with Crippen LogP contribution in [0.3, 0.4) is 0 Å². The highest BCUT2D eigenvalue weighted by Gasteiger charge is 2.27. The van der Waals surface area contributed by atoms with E-state index in [1.165, 1.54) is 5.56 Å². The zero-order valence-electron chi connectivity index (χ0n) is 13.7. The van der Waals surface area contributed by atoms with Crippen LogP contribution in [-0.2, 0) is 4.74 Å². The molecule has 0 radical (unpaired) electrons. The molecule has 0 aliphatic heterocycles. The Hall–Kier alpha value is -0.420. The number of hydrogen-bond acceptors (Lipinski definition) is 3. The molecule has 0 saturated heterocycles. The van der Waals surface area contributed by atoms with E-state index in [0.717, 1.165) is 30.6 Å². The van der Waals surface area contributed by atoms with Gasteiger partial charge in [-0.25, -0.2) is 0 Å². The summed E-state index contributed by atoms with van der Waals surface area (Å²) in [7, 11) is 1.75. The van der Waals surface area contributed by atoms with Crippen LogP contribution in [0.25, 0.3) is 0 Å². The number of hydrogen-bond donors (Lipinski definition) is 1. The van der Waals surface area contributed by atoms with Crippen LogP contribution in [0.1, 0.15) is 38.8 Å². The predicted molar refractivity (Wildman–Crippen MR) is 93.4 cm³/mol. The summed E-state index contributed by atoms with van der Waals surface area (Å²) >= 11 is 3.68.